The Balaban J connectivity index is 3.42. The van der Waals surface area contributed by atoms with Gasteiger partial charge in [-0.3, -0.25) is 0 Å². The fourth-order valence-electron chi connectivity index (χ4n) is 0.266. The summed E-state index contributed by atoms with van der Waals surface area (Å²) in [5.41, 5.74) is 0. The molecule has 0 saturated heterocycles. The normalized spacial score (nSPS) is 11.8. The maximum absolute atomic E-state index is 9.95. The van der Waals surface area contributed by atoms with E-state index in [1.54, 1.807) is 0 Å². The van der Waals surface area contributed by atoms with Gasteiger partial charge in [0, 0.05) is 0 Å². The first-order valence-corrected chi connectivity index (χ1v) is 5.54. The predicted molar refractivity (Wildman–Crippen MR) is 34.4 cm³/mol. The molecule has 0 aliphatic rings. The molecule has 3 nitrogen and oxygen atoms in total. The summed E-state index contributed by atoms with van der Waals surface area (Å²) in [6, 6.07) is 0. The van der Waals surface area contributed by atoms with Gasteiger partial charge in [-0.2, -0.15) is 0 Å². The molecule has 0 radical (unpaired) electrons. The van der Waals surface area contributed by atoms with E-state index >= 15 is 0 Å². The first-order chi connectivity index (χ1) is 3.56. The number of rotatable bonds is 3. The van der Waals surface area contributed by atoms with Crippen LogP contribution >= 0.6 is 0 Å². The molecule has 50 valence electrons. The molecule has 1 N–H and O–H groups in total. The Bertz CT molecular complexity index is 139. The van der Waals surface area contributed by atoms with Gasteiger partial charge < -0.3 is 0 Å². The average molecular weight is 200 g/mol. The van der Waals surface area contributed by atoms with Crippen molar-refractivity contribution in [3.8, 4) is 0 Å². The van der Waals surface area contributed by atoms with Crippen LogP contribution in [0, 0.1) is 0 Å². The maximum atomic E-state index is 9.95. The molecule has 1 unspecified atom stereocenters. The zero-order valence-corrected chi connectivity index (χ0v) is 7.61. The Hall–Kier alpha value is 0.468. The third kappa shape index (κ3) is 6.47. The van der Waals surface area contributed by atoms with E-state index in [0.717, 1.165) is 5.21 Å². The third-order valence-electron chi connectivity index (χ3n) is 0.606. The van der Waals surface area contributed by atoms with Crippen LogP contribution in [0.15, 0.2) is 0 Å². The first-order valence-electron chi connectivity index (χ1n) is 2.21. The molecule has 0 fully saturated rings. The second-order valence-corrected chi connectivity index (χ2v) is 4.21. The fourth-order valence-corrected chi connectivity index (χ4v) is 1.85. The van der Waals surface area contributed by atoms with Gasteiger partial charge in [0.15, 0.2) is 0 Å². The monoisotopic (exact) mass is 200 g/mol. The van der Waals surface area contributed by atoms with Crippen LogP contribution in [-0.2, 0) is 10.1 Å². The second-order valence-electron chi connectivity index (χ2n) is 1.43. The minimum absolute atomic E-state index is 0.0920. The SMILES string of the molecule is O=S(=O)(O)CCC[AsH2]. The van der Waals surface area contributed by atoms with Crippen molar-refractivity contribution in [2.24, 2.45) is 0 Å². The van der Waals surface area contributed by atoms with Crippen LogP contribution in [-0.4, -0.2) is 35.6 Å². The molecule has 0 aromatic heterocycles. The van der Waals surface area contributed by atoms with Crippen molar-refractivity contribution in [3.63, 3.8) is 0 Å². The Morgan fingerprint density at radius 1 is 1.50 bits per heavy atom. The van der Waals surface area contributed by atoms with Crippen molar-refractivity contribution in [2.75, 3.05) is 5.75 Å². The molecular weight excluding hydrogens is 191 g/mol. The summed E-state index contributed by atoms with van der Waals surface area (Å²) < 4.78 is 28.0. The second kappa shape index (κ2) is 3.49. The molecule has 1 atom stereocenters. The predicted octanol–water partition coefficient (Wildman–Crippen LogP) is -0.684. The minimum atomic E-state index is -3.68. The summed E-state index contributed by atoms with van der Waals surface area (Å²) in [6.07, 6.45) is 0.568. The Morgan fingerprint density at radius 3 is 2.12 bits per heavy atom. The molecule has 0 bridgehead atoms. The van der Waals surface area contributed by atoms with Crippen molar-refractivity contribution >= 4 is 27.0 Å². The average Bonchev–Trinajstić information content (AvgIpc) is 1.59. The molecule has 0 heterocycles. The molecule has 0 spiro atoms. The molecule has 0 aliphatic heterocycles. The zero-order chi connectivity index (χ0) is 6.62. The first kappa shape index (κ1) is 8.47. The molecular formula is C3H9AsO3S. The summed E-state index contributed by atoms with van der Waals surface area (Å²) in [7, 11) is -3.68. The molecule has 0 rings (SSSR count). The summed E-state index contributed by atoms with van der Waals surface area (Å²) in [5, 5.41) is 0.854. The van der Waals surface area contributed by atoms with Crippen molar-refractivity contribution in [1.29, 1.82) is 0 Å². The molecule has 5 heteroatoms. The summed E-state index contributed by atoms with van der Waals surface area (Å²) in [6.45, 7) is 0. The van der Waals surface area contributed by atoms with Crippen LogP contribution in [0.25, 0.3) is 0 Å². The Morgan fingerprint density at radius 2 is 2.00 bits per heavy atom. The number of hydrogen-bond acceptors (Lipinski definition) is 2. The standard InChI is InChI=1S/C3H9AsO3S/c4-2-1-3-8(5,6)7/h1-4H2,(H,5,6,7). The molecule has 0 aromatic carbocycles. The quantitative estimate of drug-likeness (QED) is 0.485. The molecule has 0 saturated carbocycles. The van der Waals surface area contributed by atoms with E-state index < -0.39 is 10.1 Å². The van der Waals surface area contributed by atoms with Gasteiger partial charge in [0.25, 0.3) is 0 Å². The summed E-state index contributed by atoms with van der Waals surface area (Å²) in [5.74, 6) is -0.0920. The van der Waals surface area contributed by atoms with Gasteiger partial charge >= 0.3 is 57.3 Å². The van der Waals surface area contributed by atoms with E-state index in [1.807, 2.05) is 0 Å². The van der Waals surface area contributed by atoms with Gasteiger partial charge in [-0.25, -0.2) is 0 Å². The van der Waals surface area contributed by atoms with E-state index in [1.165, 1.54) is 16.9 Å². The van der Waals surface area contributed by atoms with Crippen molar-refractivity contribution in [3.05, 3.63) is 0 Å². The molecule has 0 amide bonds. The van der Waals surface area contributed by atoms with E-state index in [0.29, 0.717) is 6.42 Å². The molecule has 0 aromatic rings. The van der Waals surface area contributed by atoms with E-state index in [2.05, 4.69) is 0 Å². The summed E-state index contributed by atoms with van der Waals surface area (Å²) >= 11 is 1.48. The molecule has 8 heavy (non-hydrogen) atoms. The number of hydrogen-bond donors (Lipinski definition) is 1. The van der Waals surface area contributed by atoms with Crippen LogP contribution < -0.4 is 0 Å². The molecule has 0 aliphatic carbocycles. The van der Waals surface area contributed by atoms with Gasteiger partial charge in [0.1, 0.15) is 0 Å². The fraction of sp³-hybridized carbons (Fsp3) is 1.00. The van der Waals surface area contributed by atoms with Gasteiger partial charge in [0.2, 0.25) is 0 Å². The Kier molecular flexibility index (Phi) is 3.69. The van der Waals surface area contributed by atoms with Crippen LogP contribution in [0.5, 0.6) is 0 Å². The summed E-state index contributed by atoms with van der Waals surface area (Å²) in [4.78, 5) is 0. The zero-order valence-electron chi connectivity index (χ0n) is 4.37. The van der Waals surface area contributed by atoms with Gasteiger partial charge in [-0.1, -0.05) is 0 Å². The van der Waals surface area contributed by atoms with Gasteiger partial charge in [-0.05, 0) is 0 Å². The Labute approximate surface area is 57.7 Å². The van der Waals surface area contributed by atoms with Crippen molar-refractivity contribution < 1.29 is 13.0 Å². The van der Waals surface area contributed by atoms with E-state index in [9.17, 15) is 8.42 Å². The van der Waals surface area contributed by atoms with Gasteiger partial charge in [0.05, 0.1) is 0 Å². The third-order valence-corrected chi connectivity index (χ3v) is 2.27. The van der Waals surface area contributed by atoms with Crippen molar-refractivity contribution in [1.82, 2.24) is 0 Å². The van der Waals surface area contributed by atoms with Crippen LogP contribution in [0.2, 0.25) is 5.21 Å². The van der Waals surface area contributed by atoms with Gasteiger partial charge in [-0.15, -0.1) is 0 Å². The van der Waals surface area contributed by atoms with E-state index in [-0.39, 0.29) is 5.75 Å². The van der Waals surface area contributed by atoms with E-state index in [4.69, 9.17) is 4.55 Å². The van der Waals surface area contributed by atoms with Crippen molar-refractivity contribution in [2.45, 2.75) is 11.6 Å². The topological polar surface area (TPSA) is 54.4 Å². The van der Waals surface area contributed by atoms with Crippen LogP contribution in [0.4, 0.5) is 0 Å². The van der Waals surface area contributed by atoms with Crippen LogP contribution in [0.3, 0.4) is 0 Å². The van der Waals surface area contributed by atoms with Crippen LogP contribution in [0.1, 0.15) is 6.42 Å².